The third-order valence-electron chi connectivity index (χ3n) is 5.65. The van der Waals surface area contributed by atoms with Crippen molar-refractivity contribution in [3.63, 3.8) is 0 Å². The van der Waals surface area contributed by atoms with Gasteiger partial charge in [-0.3, -0.25) is 4.79 Å². The first kappa shape index (κ1) is 20.0. The van der Waals surface area contributed by atoms with Gasteiger partial charge in [0.25, 0.3) is 5.91 Å². The van der Waals surface area contributed by atoms with Gasteiger partial charge in [-0.25, -0.2) is 0 Å². The van der Waals surface area contributed by atoms with Gasteiger partial charge < -0.3 is 15.0 Å². The van der Waals surface area contributed by atoms with Gasteiger partial charge in [0.05, 0.1) is 5.69 Å². The Morgan fingerprint density at radius 3 is 2.44 bits per heavy atom. The summed E-state index contributed by atoms with van der Waals surface area (Å²) in [5.74, 6) is 1.42. The number of rotatable bonds is 6. The number of benzene rings is 3. The number of carbonyl (C=O) groups excluding carboxylic acids is 1. The molecule has 0 unspecified atom stereocenters. The molecule has 4 aromatic rings. The molecule has 1 aliphatic rings. The summed E-state index contributed by atoms with van der Waals surface area (Å²) in [5, 5.41) is 13.7. The molecule has 1 amide bonds. The first-order valence-corrected chi connectivity index (χ1v) is 10.9. The summed E-state index contributed by atoms with van der Waals surface area (Å²) in [4.78, 5) is 14.6. The van der Waals surface area contributed by atoms with Crippen molar-refractivity contribution in [1.29, 1.82) is 0 Å². The largest absolute Gasteiger partial charge is 0.483 e. The summed E-state index contributed by atoms with van der Waals surface area (Å²) in [6.07, 6.45) is 2.42. The molecule has 6 heteroatoms. The number of ether oxygens (including phenoxy) is 1. The number of anilines is 2. The SMILES string of the molecule is O=C(COc1cccc2ccccc12)Nc1ccc(-c2ccc(N3CCCC3)nn2)cc1. The molecule has 1 fully saturated rings. The number of amides is 1. The van der Waals surface area contributed by atoms with Crippen molar-refractivity contribution in [2.75, 3.05) is 29.9 Å². The van der Waals surface area contributed by atoms with Gasteiger partial charge in [-0.1, -0.05) is 48.5 Å². The monoisotopic (exact) mass is 424 g/mol. The minimum Gasteiger partial charge on any atom is -0.483 e. The van der Waals surface area contributed by atoms with Crippen LogP contribution in [0, 0.1) is 0 Å². The molecule has 1 saturated heterocycles. The van der Waals surface area contributed by atoms with E-state index in [9.17, 15) is 4.79 Å². The number of hydrogen-bond donors (Lipinski definition) is 1. The zero-order valence-corrected chi connectivity index (χ0v) is 17.7. The lowest BCUT2D eigenvalue weighted by atomic mass is 10.1. The Bertz CT molecular complexity index is 1210. The van der Waals surface area contributed by atoms with Crippen LogP contribution in [0.1, 0.15) is 12.8 Å². The van der Waals surface area contributed by atoms with Crippen LogP contribution in [0.5, 0.6) is 5.75 Å². The third kappa shape index (κ3) is 4.39. The Morgan fingerprint density at radius 1 is 0.875 bits per heavy atom. The van der Waals surface area contributed by atoms with E-state index in [0.29, 0.717) is 11.4 Å². The van der Waals surface area contributed by atoms with E-state index >= 15 is 0 Å². The average Bonchev–Trinajstić information content (AvgIpc) is 3.38. The second-order valence-corrected chi connectivity index (χ2v) is 7.86. The number of nitrogens with zero attached hydrogens (tertiary/aromatic N) is 3. The van der Waals surface area contributed by atoms with E-state index in [0.717, 1.165) is 40.9 Å². The summed E-state index contributed by atoms with van der Waals surface area (Å²) < 4.78 is 5.77. The summed E-state index contributed by atoms with van der Waals surface area (Å²) in [7, 11) is 0. The Hall–Kier alpha value is -3.93. The first-order valence-electron chi connectivity index (χ1n) is 10.9. The Balaban J connectivity index is 1.19. The lowest BCUT2D eigenvalue weighted by Gasteiger charge is -2.15. The van der Waals surface area contributed by atoms with Gasteiger partial charge in [0.2, 0.25) is 0 Å². The predicted molar refractivity (Wildman–Crippen MR) is 127 cm³/mol. The zero-order chi connectivity index (χ0) is 21.8. The molecule has 1 N–H and O–H groups in total. The third-order valence-corrected chi connectivity index (χ3v) is 5.65. The van der Waals surface area contributed by atoms with Crippen LogP contribution in [-0.2, 0) is 4.79 Å². The second kappa shape index (κ2) is 9.06. The Morgan fingerprint density at radius 2 is 1.66 bits per heavy atom. The van der Waals surface area contributed by atoms with Crippen LogP contribution in [0.3, 0.4) is 0 Å². The molecular formula is C26H24N4O2. The molecule has 0 bridgehead atoms. The van der Waals surface area contributed by atoms with Crippen LogP contribution >= 0.6 is 0 Å². The van der Waals surface area contributed by atoms with Crippen molar-refractivity contribution in [1.82, 2.24) is 10.2 Å². The summed E-state index contributed by atoms with van der Waals surface area (Å²) in [5.41, 5.74) is 2.47. The highest BCUT2D eigenvalue weighted by Crippen LogP contribution is 2.25. The van der Waals surface area contributed by atoms with Gasteiger partial charge in [-0.05, 0) is 48.6 Å². The molecular weight excluding hydrogens is 400 g/mol. The molecule has 32 heavy (non-hydrogen) atoms. The molecule has 1 aliphatic heterocycles. The van der Waals surface area contributed by atoms with Crippen LogP contribution in [0.25, 0.3) is 22.0 Å². The van der Waals surface area contributed by atoms with E-state index in [1.54, 1.807) is 0 Å². The number of aromatic nitrogens is 2. The van der Waals surface area contributed by atoms with Gasteiger partial charge in [0.15, 0.2) is 12.4 Å². The summed E-state index contributed by atoms with van der Waals surface area (Å²) >= 11 is 0. The zero-order valence-electron chi connectivity index (χ0n) is 17.7. The van der Waals surface area contributed by atoms with E-state index in [4.69, 9.17) is 4.74 Å². The molecule has 160 valence electrons. The number of carbonyl (C=O) groups is 1. The van der Waals surface area contributed by atoms with E-state index in [2.05, 4.69) is 20.4 Å². The van der Waals surface area contributed by atoms with Crippen LogP contribution in [0.4, 0.5) is 11.5 Å². The fourth-order valence-corrected chi connectivity index (χ4v) is 3.98. The number of hydrogen-bond acceptors (Lipinski definition) is 5. The second-order valence-electron chi connectivity index (χ2n) is 7.86. The smallest absolute Gasteiger partial charge is 0.262 e. The van der Waals surface area contributed by atoms with Gasteiger partial charge in [-0.2, -0.15) is 0 Å². The standard InChI is InChI=1S/C26H24N4O2/c31-26(18-32-24-9-5-7-19-6-1-2-8-22(19)24)27-21-12-10-20(11-13-21)23-14-15-25(29-28-23)30-16-3-4-17-30/h1-2,5-15H,3-4,16-18H2,(H,27,31). The van der Waals surface area contributed by atoms with Crippen molar-refractivity contribution in [3.05, 3.63) is 78.9 Å². The van der Waals surface area contributed by atoms with E-state index < -0.39 is 0 Å². The highest BCUT2D eigenvalue weighted by atomic mass is 16.5. The number of nitrogens with one attached hydrogen (secondary N) is 1. The maximum absolute atomic E-state index is 12.4. The van der Waals surface area contributed by atoms with Crippen LogP contribution < -0.4 is 15.0 Å². The van der Waals surface area contributed by atoms with Crippen LogP contribution in [0.2, 0.25) is 0 Å². The molecule has 2 heterocycles. The van der Waals surface area contributed by atoms with Crippen LogP contribution in [-0.4, -0.2) is 35.8 Å². The van der Waals surface area contributed by atoms with E-state index in [-0.39, 0.29) is 12.5 Å². The van der Waals surface area contributed by atoms with Crippen molar-refractivity contribution < 1.29 is 9.53 Å². The molecule has 0 aliphatic carbocycles. The van der Waals surface area contributed by atoms with Gasteiger partial charge in [-0.15, -0.1) is 10.2 Å². The maximum Gasteiger partial charge on any atom is 0.262 e. The quantitative estimate of drug-likeness (QED) is 0.476. The van der Waals surface area contributed by atoms with Crippen molar-refractivity contribution in [2.24, 2.45) is 0 Å². The molecule has 0 radical (unpaired) electrons. The lowest BCUT2D eigenvalue weighted by Crippen LogP contribution is -2.20. The minimum atomic E-state index is -0.208. The summed E-state index contributed by atoms with van der Waals surface area (Å²) in [6, 6.07) is 25.4. The fourth-order valence-electron chi connectivity index (χ4n) is 3.98. The highest BCUT2D eigenvalue weighted by Gasteiger charge is 2.14. The molecule has 3 aromatic carbocycles. The van der Waals surface area contributed by atoms with Gasteiger partial charge >= 0.3 is 0 Å². The molecule has 1 aromatic heterocycles. The normalized spacial score (nSPS) is 13.3. The van der Waals surface area contributed by atoms with Crippen molar-refractivity contribution >= 4 is 28.2 Å². The van der Waals surface area contributed by atoms with Gasteiger partial charge in [0, 0.05) is 29.7 Å². The minimum absolute atomic E-state index is 0.0564. The average molecular weight is 425 g/mol. The van der Waals surface area contributed by atoms with Gasteiger partial charge in [0.1, 0.15) is 5.75 Å². The maximum atomic E-state index is 12.4. The molecule has 0 spiro atoms. The summed E-state index contributed by atoms with van der Waals surface area (Å²) in [6.45, 7) is 2.04. The Kier molecular flexibility index (Phi) is 5.66. The molecule has 6 nitrogen and oxygen atoms in total. The van der Waals surface area contributed by atoms with Crippen molar-refractivity contribution in [2.45, 2.75) is 12.8 Å². The topological polar surface area (TPSA) is 67.3 Å². The molecule has 0 saturated carbocycles. The van der Waals surface area contributed by atoms with E-state index in [1.807, 2.05) is 78.9 Å². The Labute approximate surface area is 186 Å². The van der Waals surface area contributed by atoms with E-state index in [1.165, 1.54) is 12.8 Å². The molecule has 5 rings (SSSR count). The fraction of sp³-hybridized carbons (Fsp3) is 0.192. The lowest BCUT2D eigenvalue weighted by molar-refractivity contribution is -0.118. The molecule has 0 atom stereocenters. The first-order chi connectivity index (χ1) is 15.8. The predicted octanol–water partition coefficient (Wildman–Crippen LogP) is 4.91. The number of fused-ring (bicyclic) bond motifs is 1. The highest BCUT2D eigenvalue weighted by molar-refractivity contribution is 5.93. The van der Waals surface area contributed by atoms with Crippen molar-refractivity contribution in [3.8, 4) is 17.0 Å². The van der Waals surface area contributed by atoms with Crippen LogP contribution in [0.15, 0.2) is 78.9 Å².